The molecule has 0 amide bonds. The fourth-order valence-electron chi connectivity index (χ4n) is 4.70. The Labute approximate surface area is 205 Å². The van der Waals surface area contributed by atoms with Crippen LogP contribution in [0, 0.1) is 20.8 Å². The summed E-state index contributed by atoms with van der Waals surface area (Å²) in [5.41, 5.74) is 4.68. The molecule has 0 aliphatic rings. The molecule has 2 N–H and O–H groups in total. The summed E-state index contributed by atoms with van der Waals surface area (Å²) in [4.78, 5) is 17.1. The van der Waals surface area contributed by atoms with E-state index in [0.29, 0.717) is 27.8 Å². The highest BCUT2D eigenvalue weighted by Gasteiger charge is 2.33. The maximum absolute atomic E-state index is 12.6. The van der Waals surface area contributed by atoms with E-state index in [1.54, 1.807) is 19.2 Å². The minimum absolute atomic E-state index is 0.115. The molecule has 4 rings (SSSR count). The molecular formula is C29H31NO5. The molecule has 1 aromatic heterocycles. The number of aromatic hydroxyl groups is 1. The van der Waals surface area contributed by atoms with E-state index < -0.39 is 17.7 Å². The van der Waals surface area contributed by atoms with Gasteiger partial charge in [-0.05, 0) is 82.0 Å². The standard InChI is InChI=1S/C29H31NO5/c1-15-8-10-18(11-9-15)22-16(2)23-21-14-19(34-7)12-13-20(21)27(31)30-25(23)17(3)24(22)26(28(32)33)35-29(4,5)6/h8-14,26H,1-7H3,(H,30,31)(H,32,33)/t26-/m0/s1. The fourth-order valence-corrected chi connectivity index (χ4v) is 4.70. The number of methoxy groups -OCH3 is 1. The highest BCUT2D eigenvalue weighted by Crippen LogP contribution is 2.45. The van der Waals surface area contributed by atoms with Crippen molar-refractivity contribution in [1.82, 2.24) is 4.98 Å². The van der Waals surface area contributed by atoms with Crippen LogP contribution in [0.3, 0.4) is 0 Å². The zero-order valence-electron chi connectivity index (χ0n) is 21.2. The Balaban J connectivity index is 2.22. The molecule has 1 heterocycles. The number of carboxylic acid groups (broad SMARTS) is 1. The SMILES string of the molecule is COc1ccc2c(O)nc3c(C)c([C@H](OC(C)(C)C)C(=O)O)c(-c4ccc(C)cc4)c(C)c3c2c1. The number of hydrogen-bond acceptors (Lipinski definition) is 5. The van der Waals surface area contributed by atoms with Crippen molar-refractivity contribution < 1.29 is 24.5 Å². The van der Waals surface area contributed by atoms with E-state index in [2.05, 4.69) is 4.98 Å². The molecule has 3 aromatic carbocycles. The van der Waals surface area contributed by atoms with Crippen LogP contribution in [-0.2, 0) is 9.53 Å². The maximum Gasteiger partial charge on any atom is 0.337 e. The van der Waals surface area contributed by atoms with Crippen molar-refractivity contribution in [2.45, 2.75) is 53.2 Å². The number of pyridine rings is 1. The Morgan fingerprint density at radius 3 is 2.20 bits per heavy atom. The van der Waals surface area contributed by atoms with Crippen LogP contribution in [0.1, 0.15) is 49.1 Å². The summed E-state index contributed by atoms with van der Waals surface area (Å²) in [6.07, 6.45) is -1.22. The molecule has 0 bridgehead atoms. The number of nitrogens with zero attached hydrogens (tertiary/aromatic N) is 1. The summed E-state index contributed by atoms with van der Waals surface area (Å²) in [6.45, 7) is 11.3. The van der Waals surface area contributed by atoms with Gasteiger partial charge in [-0.25, -0.2) is 9.78 Å². The minimum Gasteiger partial charge on any atom is -0.497 e. The lowest BCUT2D eigenvalue weighted by atomic mass is 9.84. The molecule has 0 unspecified atom stereocenters. The first-order valence-corrected chi connectivity index (χ1v) is 11.5. The van der Waals surface area contributed by atoms with Crippen LogP contribution in [0.25, 0.3) is 32.8 Å². The molecule has 4 aromatic rings. The van der Waals surface area contributed by atoms with Gasteiger partial charge in [-0.2, -0.15) is 0 Å². The van der Waals surface area contributed by atoms with Crippen molar-refractivity contribution in [1.29, 1.82) is 0 Å². The van der Waals surface area contributed by atoms with E-state index >= 15 is 0 Å². The zero-order valence-corrected chi connectivity index (χ0v) is 21.2. The summed E-state index contributed by atoms with van der Waals surface area (Å²) >= 11 is 0. The Morgan fingerprint density at radius 1 is 0.971 bits per heavy atom. The predicted molar refractivity (Wildman–Crippen MR) is 138 cm³/mol. The van der Waals surface area contributed by atoms with E-state index in [4.69, 9.17) is 9.47 Å². The van der Waals surface area contributed by atoms with Gasteiger partial charge in [0.25, 0.3) is 0 Å². The first-order chi connectivity index (χ1) is 16.4. The molecule has 0 spiro atoms. The number of carboxylic acids is 1. The number of rotatable bonds is 5. The number of aliphatic carboxylic acids is 1. The van der Waals surface area contributed by atoms with Crippen LogP contribution in [0.5, 0.6) is 11.6 Å². The van der Waals surface area contributed by atoms with Crippen LogP contribution in [0.2, 0.25) is 0 Å². The van der Waals surface area contributed by atoms with Crippen molar-refractivity contribution in [3.63, 3.8) is 0 Å². The second kappa shape index (κ2) is 8.86. The molecule has 0 radical (unpaired) electrons. The molecule has 0 fully saturated rings. The van der Waals surface area contributed by atoms with Gasteiger partial charge in [0.15, 0.2) is 6.10 Å². The average Bonchev–Trinajstić information content (AvgIpc) is 2.79. The van der Waals surface area contributed by atoms with Gasteiger partial charge in [-0.1, -0.05) is 29.8 Å². The lowest BCUT2D eigenvalue weighted by Crippen LogP contribution is -2.28. The molecule has 0 aliphatic carbocycles. The monoisotopic (exact) mass is 473 g/mol. The third-order valence-electron chi connectivity index (χ3n) is 6.27. The topological polar surface area (TPSA) is 88.9 Å². The fraction of sp³-hybridized carbons (Fsp3) is 0.310. The largest absolute Gasteiger partial charge is 0.497 e. The lowest BCUT2D eigenvalue weighted by molar-refractivity contribution is -0.160. The van der Waals surface area contributed by atoms with Crippen LogP contribution < -0.4 is 4.74 Å². The summed E-state index contributed by atoms with van der Waals surface area (Å²) < 4.78 is 11.6. The van der Waals surface area contributed by atoms with Crippen molar-refractivity contribution >= 4 is 27.6 Å². The smallest absolute Gasteiger partial charge is 0.337 e. The van der Waals surface area contributed by atoms with Gasteiger partial charge < -0.3 is 19.7 Å². The molecule has 0 aliphatic heterocycles. The molecule has 6 nitrogen and oxygen atoms in total. The number of fused-ring (bicyclic) bond motifs is 3. The van der Waals surface area contributed by atoms with Gasteiger partial charge in [-0.3, -0.25) is 0 Å². The quantitative estimate of drug-likeness (QED) is 0.316. The van der Waals surface area contributed by atoms with Crippen molar-refractivity contribution in [2.75, 3.05) is 7.11 Å². The highest BCUT2D eigenvalue weighted by atomic mass is 16.5. The Kier molecular flexibility index (Phi) is 6.20. The average molecular weight is 474 g/mol. The summed E-state index contributed by atoms with van der Waals surface area (Å²) in [5, 5.41) is 23.3. The second-order valence-corrected chi connectivity index (χ2v) is 9.92. The normalized spacial score (nSPS) is 12.8. The number of aryl methyl sites for hydroxylation is 3. The number of ether oxygens (including phenoxy) is 2. The van der Waals surface area contributed by atoms with Gasteiger partial charge in [0.1, 0.15) is 5.75 Å². The highest BCUT2D eigenvalue weighted by molar-refractivity contribution is 6.13. The predicted octanol–water partition coefficient (Wildman–Crippen LogP) is 6.64. The van der Waals surface area contributed by atoms with Crippen molar-refractivity contribution in [3.05, 3.63) is 64.7 Å². The minimum atomic E-state index is -1.22. The lowest BCUT2D eigenvalue weighted by Gasteiger charge is -2.29. The Hall–Kier alpha value is -3.64. The van der Waals surface area contributed by atoms with E-state index in [0.717, 1.165) is 33.0 Å². The maximum atomic E-state index is 12.6. The van der Waals surface area contributed by atoms with Crippen LogP contribution in [0.15, 0.2) is 42.5 Å². The first kappa shape index (κ1) is 24.5. The molecule has 35 heavy (non-hydrogen) atoms. The summed E-state index contributed by atoms with van der Waals surface area (Å²) in [5.74, 6) is -0.543. The van der Waals surface area contributed by atoms with Gasteiger partial charge in [0.05, 0.1) is 18.2 Å². The third kappa shape index (κ3) is 4.42. The van der Waals surface area contributed by atoms with E-state index in [1.807, 2.05) is 71.9 Å². The molecule has 0 saturated carbocycles. The molecule has 6 heteroatoms. The van der Waals surface area contributed by atoms with Crippen LogP contribution in [0.4, 0.5) is 0 Å². The molecule has 1 atom stereocenters. The van der Waals surface area contributed by atoms with Gasteiger partial charge in [0, 0.05) is 21.7 Å². The van der Waals surface area contributed by atoms with Crippen molar-refractivity contribution in [3.8, 4) is 22.8 Å². The zero-order chi connectivity index (χ0) is 25.7. The first-order valence-electron chi connectivity index (χ1n) is 11.5. The van der Waals surface area contributed by atoms with E-state index in [9.17, 15) is 15.0 Å². The van der Waals surface area contributed by atoms with Gasteiger partial charge >= 0.3 is 5.97 Å². The van der Waals surface area contributed by atoms with E-state index in [-0.39, 0.29) is 5.88 Å². The van der Waals surface area contributed by atoms with Crippen LogP contribution in [-0.4, -0.2) is 33.9 Å². The molecule has 0 saturated heterocycles. The summed E-state index contributed by atoms with van der Waals surface area (Å²) in [7, 11) is 1.60. The number of benzene rings is 3. The van der Waals surface area contributed by atoms with E-state index in [1.165, 1.54) is 0 Å². The van der Waals surface area contributed by atoms with Crippen LogP contribution >= 0.6 is 0 Å². The van der Waals surface area contributed by atoms with Gasteiger partial charge in [-0.15, -0.1) is 0 Å². The number of carbonyl (C=O) groups is 1. The Morgan fingerprint density at radius 2 is 1.63 bits per heavy atom. The molecule has 182 valence electrons. The van der Waals surface area contributed by atoms with Crippen molar-refractivity contribution in [2.24, 2.45) is 0 Å². The second-order valence-electron chi connectivity index (χ2n) is 9.92. The van der Waals surface area contributed by atoms with Gasteiger partial charge in [0.2, 0.25) is 5.88 Å². The number of hydrogen-bond donors (Lipinski definition) is 2. The Bertz CT molecular complexity index is 1450. The number of aromatic nitrogens is 1. The summed E-state index contributed by atoms with van der Waals surface area (Å²) in [6, 6.07) is 13.5. The third-order valence-corrected chi connectivity index (χ3v) is 6.27. The molecular weight excluding hydrogens is 442 g/mol.